The lowest BCUT2D eigenvalue weighted by molar-refractivity contribution is -0.118. The van der Waals surface area contributed by atoms with Gasteiger partial charge in [-0.3, -0.25) is 14.2 Å². The van der Waals surface area contributed by atoms with Gasteiger partial charge in [0.2, 0.25) is 5.82 Å². The maximum atomic E-state index is 13.0. The van der Waals surface area contributed by atoms with Crippen LogP contribution in [-0.4, -0.2) is 38.8 Å². The number of benzene rings is 1. The fourth-order valence-corrected chi connectivity index (χ4v) is 6.78. The number of Topliss-reactive ketones (excluding diaryl/α,β-unsaturated/α-hetero) is 1. The van der Waals surface area contributed by atoms with Crippen LogP contribution in [0.4, 0.5) is 5.69 Å². The van der Waals surface area contributed by atoms with Crippen LogP contribution >= 0.6 is 11.8 Å². The molecule has 3 aromatic rings. The smallest absolute Gasteiger partial charge is 0.262 e. The van der Waals surface area contributed by atoms with Gasteiger partial charge in [0.05, 0.1) is 17.7 Å². The molecule has 176 valence electrons. The van der Waals surface area contributed by atoms with Gasteiger partial charge >= 0.3 is 0 Å². The summed E-state index contributed by atoms with van der Waals surface area (Å²) in [6, 6.07) is 9.10. The summed E-state index contributed by atoms with van der Waals surface area (Å²) in [5.74, 6) is 4.09. The fourth-order valence-electron chi connectivity index (χ4n) is 5.86. The van der Waals surface area contributed by atoms with Crippen LogP contribution in [0.3, 0.4) is 0 Å². The number of nitrogens with one attached hydrogen (secondary N) is 1. The Bertz CT molecular complexity index is 1240. The third-order valence-corrected chi connectivity index (χ3v) is 8.44. The van der Waals surface area contributed by atoms with Crippen molar-refractivity contribution < 1.29 is 18.7 Å². The molecule has 1 amide bonds. The van der Waals surface area contributed by atoms with Crippen molar-refractivity contribution in [1.29, 1.82) is 0 Å². The number of thioether (sulfide) groups is 1. The number of aromatic nitrogens is 3. The Labute approximate surface area is 201 Å². The number of ether oxygens (including phenoxy) is 1. The van der Waals surface area contributed by atoms with E-state index in [0.29, 0.717) is 34.5 Å². The molecule has 1 aromatic carbocycles. The molecule has 4 atom stereocenters. The van der Waals surface area contributed by atoms with E-state index in [2.05, 4.69) is 27.0 Å². The van der Waals surface area contributed by atoms with Gasteiger partial charge < -0.3 is 14.5 Å². The topological polar surface area (TPSA) is 99.2 Å². The Morgan fingerprint density at radius 2 is 2.18 bits per heavy atom. The molecule has 9 heteroatoms. The first kappa shape index (κ1) is 21.5. The average molecular weight is 479 g/mol. The van der Waals surface area contributed by atoms with Crippen LogP contribution in [0, 0.1) is 17.8 Å². The standard InChI is InChI=1S/C25H26N4O4S/c1-14(18-10-15-4-5-16(18)9-15)29-24(22-3-2-8-32-22)27-28-25(29)34-13-20(30)17-6-7-21-19(11-17)26-23(31)12-33-21/h2-3,6-8,11,14-16,18H,4-5,9-10,12-13H2,1H3,(H,26,31)/t14-,15-,16-,18+/m0/s1. The second kappa shape index (κ2) is 8.61. The van der Waals surface area contributed by atoms with Crippen molar-refractivity contribution in [2.75, 3.05) is 17.7 Å². The van der Waals surface area contributed by atoms with Crippen LogP contribution in [0.5, 0.6) is 5.75 Å². The molecule has 1 N–H and O–H groups in total. The first-order valence-corrected chi connectivity index (χ1v) is 12.8. The maximum absolute atomic E-state index is 13.0. The summed E-state index contributed by atoms with van der Waals surface area (Å²) >= 11 is 1.39. The van der Waals surface area contributed by atoms with Crippen LogP contribution in [0.25, 0.3) is 11.6 Å². The molecule has 2 saturated carbocycles. The predicted octanol–water partition coefficient (Wildman–Crippen LogP) is 4.84. The SMILES string of the molecule is C[C@@H]([C@H]1C[C@H]2CC[C@H]1C2)n1c(SCC(=O)c2ccc3c(c2)NC(=O)CO3)nnc1-c1ccco1. The average Bonchev–Trinajstić information content (AvgIpc) is 3.65. The number of ketones is 1. The van der Waals surface area contributed by atoms with Crippen molar-refractivity contribution in [2.24, 2.45) is 17.8 Å². The van der Waals surface area contributed by atoms with E-state index < -0.39 is 0 Å². The van der Waals surface area contributed by atoms with Crippen LogP contribution in [-0.2, 0) is 4.79 Å². The van der Waals surface area contributed by atoms with Gasteiger partial charge in [-0.1, -0.05) is 18.2 Å². The van der Waals surface area contributed by atoms with Gasteiger partial charge in [-0.15, -0.1) is 10.2 Å². The minimum atomic E-state index is -0.223. The largest absolute Gasteiger partial charge is 0.482 e. The number of nitrogens with zero attached hydrogens (tertiary/aromatic N) is 3. The first-order chi connectivity index (χ1) is 16.6. The molecule has 8 nitrogen and oxygen atoms in total. The van der Waals surface area contributed by atoms with E-state index in [-0.39, 0.29) is 30.1 Å². The van der Waals surface area contributed by atoms with Crippen molar-refractivity contribution in [1.82, 2.24) is 14.8 Å². The van der Waals surface area contributed by atoms with Crippen molar-refractivity contribution in [2.45, 2.75) is 43.8 Å². The highest BCUT2D eigenvalue weighted by Crippen LogP contribution is 2.53. The number of carbonyl (C=O) groups is 2. The second-order valence-electron chi connectivity index (χ2n) is 9.49. The van der Waals surface area contributed by atoms with Gasteiger partial charge in [0.15, 0.2) is 23.3 Å². The van der Waals surface area contributed by atoms with Gasteiger partial charge in [0, 0.05) is 11.6 Å². The molecule has 0 unspecified atom stereocenters. The number of amides is 1. The molecule has 1 aliphatic heterocycles. The molecule has 0 saturated heterocycles. The second-order valence-corrected chi connectivity index (χ2v) is 10.4. The summed E-state index contributed by atoms with van der Waals surface area (Å²) in [6.07, 6.45) is 6.87. The highest BCUT2D eigenvalue weighted by Gasteiger charge is 2.43. The highest BCUT2D eigenvalue weighted by atomic mass is 32.2. The Morgan fingerprint density at radius 3 is 2.94 bits per heavy atom. The molecule has 2 aliphatic carbocycles. The number of furan rings is 1. The van der Waals surface area contributed by atoms with E-state index in [9.17, 15) is 9.59 Å². The maximum Gasteiger partial charge on any atom is 0.262 e. The molecular weight excluding hydrogens is 452 g/mol. The summed E-state index contributed by atoms with van der Waals surface area (Å²) in [6.45, 7) is 2.24. The molecule has 3 heterocycles. The zero-order valence-corrected chi connectivity index (χ0v) is 19.7. The zero-order chi connectivity index (χ0) is 23.2. The third-order valence-electron chi connectivity index (χ3n) is 7.49. The lowest BCUT2D eigenvalue weighted by atomic mass is 9.84. The van der Waals surface area contributed by atoms with Crippen molar-refractivity contribution in [3.63, 3.8) is 0 Å². The van der Waals surface area contributed by atoms with Gasteiger partial charge in [-0.05, 0) is 74.3 Å². The number of anilines is 1. The Kier molecular flexibility index (Phi) is 5.44. The molecule has 0 spiro atoms. The number of carbonyl (C=O) groups excluding carboxylic acids is 2. The summed E-state index contributed by atoms with van der Waals surface area (Å²) in [4.78, 5) is 24.6. The third kappa shape index (κ3) is 3.81. The van der Waals surface area contributed by atoms with Gasteiger partial charge in [-0.25, -0.2) is 0 Å². The minimum absolute atomic E-state index is 0.00934. The summed E-state index contributed by atoms with van der Waals surface area (Å²) in [5, 5.41) is 12.4. The Balaban J connectivity index is 1.24. The molecule has 0 radical (unpaired) electrons. The lowest BCUT2D eigenvalue weighted by Crippen LogP contribution is -2.25. The molecule has 2 aromatic heterocycles. The summed E-state index contributed by atoms with van der Waals surface area (Å²) in [7, 11) is 0. The molecule has 6 rings (SSSR count). The van der Waals surface area contributed by atoms with E-state index in [1.807, 2.05) is 12.1 Å². The summed E-state index contributed by atoms with van der Waals surface area (Å²) in [5.41, 5.74) is 1.05. The fraction of sp³-hybridized carbons (Fsp3) is 0.440. The zero-order valence-electron chi connectivity index (χ0n) is 18.9. The van der Waals surface area contributed by atoms with Crippen LogP contribution in [0.1, 0.15) is 49.0 Å². The normalized spacial score (nSPS) is 23.9. The summed E-state index contributed by atoms with van der Waals surface area (Å²) < 4.78 is 13.2. The van der Waals surface area contributed by atoms with E-state index in [0.717, 1.165) is 17.0 Å². The quantitative estimate of drug-likeness (QED) is 0.383. The lowest BCUT2D eigenvalue weighted by Gasteiger charge is -2.30. The Hall–Kier alpha value is -3.07. The molecular formula is C25H26N4O4S. The minimum Gasteiger partial charge on any atom is -0.482 e. The van der Waals surface area contributed by atoms with Crippen molar-refractivity contribution in [3.8, 4) is 17.3 Å². The van der Waals surface area contributed by atoms with Crippen LogP contribution in [0.2, 0.25) is 0 Å². The van der Waals surface area contributed by atoms with Gasteiger partial charge in [0.1, 0.15) is 5.75 Å². The number of rotatable bonds is 7. The van der Waals surface area contributed by atoms with E-state index in [1.54, 1.807) is 24.5 Å². The highest BCUT2D eigenvalue weighted by molar-refractivity contribution is 7.99. The number of hydrogen-bond donors (Lipinski definition) is 1. The number of fused-ring (bicyclic) bond motifs is 3. The Morgan fingerprint density at radius 1 is 1.26 bits per heavy atom. The van der Waals surface area contributed by atoms with Crippen molar-refractivity contribution >= 4 is 29.1 Å². The van der Waals surface area contributed by atoms with Crippen LogP contribution < -0.4 is 10.1 Å². The van der Waals surface area contributed by atoms with E-state index in [1.165, 1.54) is 37.4 Å². The first-order valence-electron chi connectivity index (χ1n) is 11.8. The molecule has 2 bridgehead atoms. The van der Waals surface area contributed by atoms with E-state index >= 15 is 0 Å². The monoisotopic (exact) mass is 478 g/mol. The molecule has 34 heavy (non-hydrogen) atoms. The van der Waals surface area contributed by atoms with Gasteiger partial charge in [0.25, 0.3) is 5.91 Å². The van der Waals surface area contributed by atoms with E-state index in [4.69, 9.17) is 9.15 Å². The van der Waals surface area contributed by atoms with Gasteiger partial charge in [-0.2, -0.15) is 0 Å². The van der Waals surface area contributed by atoms with Crippen molar-refractivity contribution in [3.05, 3.63) is 42.2 Å². The predicted molar refractivity (Wildman–Crippen MR) is 127 cm³/mol. The molecule has 3 aliphatic rings. The molecule has 2 fully saturated rings. The van der Waals surface area contributed by atoms with Crippen LogP contribution in [0.15, 0.2) is 46.2 Å². The number of hydrogen-bond acceptors (Lipinski definition) is 7.